The molecule has 0 aromatic heterocycles. The van der Waals surface area contributed by atoms with Gasteiger partial charge in [0, 0.05) is 0 Å². The van der Waals surface area contributed by atoms with Gasteiger partial charge in [-0.1, -0.05) is 0 Å². The minimum atomic E-state index is -1.50. The minimum Gasteiger partial charge on any atom is -0.480 e. The Labute approximate surface area is 106 Å². The van der Waals surface area contributed by atoms with Crippen molar-refractivity contribution in [3.63, 3.8) is 0 Å². The molecule has 17 heavy (non-hydrogen) atoms. The summed E-state index contributed by atoms with van der Waals surface area (Å²) in [5.74, 6) is -0.985. The van der Waals surface area contributed by atoms with Gasteiger partial charge in [0.2, 0.25) is 0 Å². The number of carbonyl (C=O) groups is 2. The van der Waals surface area contributed by atoms with E-state index < -0.39 is 22.9 Å². The molecule has 0 fully saturated rings. The lowest BCUT2D eigenvalue weighted by molar-refractivity contribution is -0.159. The Hall–Kier alpha value is -0.750. The summed E-state index contributed by atoms with van der Waals surface area (Å²) in [6, 6.07) is 0. The van der Waals surface area contributed by atoms with E-state index in [1.807, 2.05) is 6.26 Å². The van der Waals surface area contributed by atoms with Crippen molar-refractivity contribution in [3.05, 3.63) is 0 Å². The van der Waals surface area contributed by atoms with Crippen molar-refractivity contribution < 1.29 is 19.4 Å². The Morgan fingerprint density at radius 3 is 2.24 bits per heavy atom. The molecule has 5 nitrogen and oxygen atoms in total. The normalized spacial score (nSPS) is 15.1. The molecule has 3 N–H and O–H groups in total. The van der Waals surface area contributed by atoms with Crippen molar-refractivity contribution in [1.82, 2.24) is 0 Å². The molecule has 100 valence electrons. The van der Waals surface area contributed by atoms with Crippen LogP contribution < -0.4 is 5.73 Å². The number of thioether (sulfide) groups is 1. The molecule has 0 aromatic rings. The molecular weight excluding hydrogens is 242 g/mol. The van der Waals surface area contributed by atoms with E-state index in [-0.39, 0.29) is 13.0 Å². The fourth-order valence-electron chi connectivity index (χ4n) is 0.936. The van der Waals surface area contributed by atoms with Gasteiger partial charge < -0.3 is 15.6 Å². The molecule has 1 atom stereocenters. The zero-order valence-corrected chi connectivity index (χ0v) is 11.6. The topological polar surface area (TPSA) is 89.6 Å². The molecule has 0 amide bonds. The van der Waals surface area contributed by atoms with Crippen molar-refractivity contribution >= 4 is 23.7 Å². The maximum Gasteiger partial charge on any atom is 0.327 e. The number of aliphatic carboxylic acids is 1. The highest BCUT2D eigenvalue weighted by Crippen LogP contribution is 2.18. The summed E-state index contributed by atoms with van der Waals surface area (Å²) >= 11 is 1.50. The lowest BCUT2D eigenvalue weighted by Gasteiger charge is -2.26. The molecule has 0 heterocycles. The Balaban J connectivity index is 4.47. The van der Waals surface area contributed by atoms with E-state index in [4.69, 9.17) is 15.6 Å². The van der Waals surface area contributed by atoms with E-state index in [2.05, 4.69) is 0 Å². The van der Waals surface area contributed by atoms with Gasteiger partial charge in [-0.25, -0.2) is 0 Å². The van der Waals surface area contributed by atoms with E-state index in [1.165, 1.54) is 11.8 Å². The van der Waals surface area contributed by atoms with Gasteiger partial charge in [0.15, 0.2) is 0 Å². The summed E-state index contributed by atoms with van der Waals surface area (Å²) in [4.78, 5) is 22.6. The first-order valence-corrected chi connectivity index (χ1v) is 6.71. The monoisotopic (exact) mass is 263 g/mol. The molecule has 0 aliphatic carbocycles. The number of hydrogen-bond acceptors (Lipinski definition) is 5. The van der Waals surface area contributed by atoms with Crippen LogP contribution in [0.15, 0.2) is 0 Å². The summed E-state index contributed by atoms with van der Waals surface area (Å²) in [5, 5.41) is 9.05. The van der Waals surface area contributed by atoms with Gasteiger partial charge >= 0.3 is 11.9 Å². The fourth-order valence-corrected chi connectivity index (χ4v) is 1.50. The zero-order valence-electron chi connectivity index (χ0n) is 10.8. The van der Waals surface area contributed by atoms with Crippen molar-refractivity contribution in [1.29, 1.82) is 0 Å². The first kappa shape index (κ1) is 16.2. The fraction of sp³-hybridized carbons (Fsp3) is 0.818. The molecule has 0 spiro atoms. The third kappa shape index (κ3) is 5.41. The summed E-state index contributed by atoms with van der Waals surface area (Å²) in [6.45, 7) is 4.82. The van der Waals surface area contributed by atoms with Crippen LogP contribution in [-0.2, 0) is 14.3 Å². The molecule has 0 rings (SSSR count). The molecule has 0 radical (unpaired) electrons. The van der Waals surface area contributed by atoms with Gasteiger partial charge in [0.25, 0.3) is 0 Å². The van der Waals surface area contributed by atoms with Crippen molar-refractivity contribution in [2.75, 3.05) is 18.6 Å². The van der Waals surface area contributed by atoms with E-state index in [9.17, 15) is 9.59 Å². The quantitative estimate of drug-likeness (QED) is 0.698. The van der Waals surface area contributed by atoms with Gasteiger partial charge in [0.05, 0.1) is 5.41 Å². The second-order valence-electron chi connectivity index (χ2n) is 5.03. The number of carboxylic acid groups (broad SMARTS) is 1. The SMILES string of the molecule is CSCCC(N)(COC(=O)C(C)(C)C)C(=O)O. The Bertz CT molecular complexity index is 288. The van der Waals surface area contributed by atoms with Crippen LogP contribution in [0.25, 0.3) is 0 Å². The average molecular weight is 263 g/mol. The molecule has 0 aliphatic rings. The van der Waals surface area contributed by atoms with E-state index in [0.29, 0.717) is 5.75 Å². The maximum atomic E-state index is 11.5. The molecule has 0 aliphatic heterocycles. The largest absolute Gasteiger partial charge is 0.480 e. The third-order valence-electron chi connectivity index (χ3n) is 2.25. The average Bonchev–Trinajstić information content (AvgIpc) is 2.21. The standard InChI is InChI=1S/C11H21NO4S/c1-10(2,3)9(15)16-7-11(12,8(13)14)5-6-17-4/h5-7,12H2,1-4H3,(H,13,14). The Morgan fingerprint density at radius 1 is 1.35 bits per heavy atom. The predicted octanol–water partition coefficient (Wildman–Crippen LogP) is 1.11. The van der Waals surface area contributed by atoms with Crippen LogP contribution in [0.3, 0.4) is 0 Å². The number of carbonyl (C=O) groups excluding carboxylic acids is 1. The number of esters is 1. The van der Waals surface area contributed by atoms with Crippen molar-refractivity contribution in [3.8, 4) is 0 Å². The van der Waals surface area contributed by atoms with Gasteiger partial charge in [-0.05, 0) is 39.2 Å². The van der Waals surface area contributed by atoms with Crippen LogP contribution in [0, 0.1) is 5.41 Å². The molecule has 0 saturated carbocycles. The molecule has 0 saturated heterocycles. The third-order valence-corrected chi connectivity index (χ3v) is 2.86. The summed E-state index contributed by atoms with van der Waals surface area (Å²) in [5.41, 5.74) is 3.58. The van der Waals surface area contributed by atoms with E-state index in [0.717, 1.165) is 0 Å². The number of hydrogen-bond donors (Lipinski definition) is 2. The van der Waals surface area contributed by atoms with Crippen LogP contribution in [0.1, 0.15) is 27.2 Å². The first-order valence-electron chi connectivity index (χ1n) is 5.32. The molecule has 6 heteroatoms. The van der Waals surface area contributed by atoms with Crippen LogP contribution >= 0.6 is 11.8 Å². The van der Waals surface area contributed by atoms with Crippen molar-refractivity contribution in [2.45, 2.75) is 32.7 Å². The van der Waals surface area contributed by atoms with Gasteiger partial charge in [-0.3, -0.25) is 9.59 Å². The van der Waals surface area contributed by atoms with E-state index >= 15 is 0 Å². The summed E-state index contributed by atoms with van der Waals surface area (Å²) in [7, 11) is 0. The maximum absolute atomic E-state index is 11.5. The Morgan fingerprint density at radius 2 is 1.88 bits per heavy atom. The first-order chi connectivity index (χ1) is 7.63. The van der Waals surface area contributed by atoms with Crippen LogP contribution in [-0.4, -0.2) is 41.2 Å². The smallest absolute Gasteiger partial charge is 0.327 e. The van der Waals surface area contributed by atoms with Crippen LogP contribution in [0.4, 0.5) is 0 Å². The number of nitrogens with two attached hydrogens (primary N) is 1. The van der Waals surface area contributed by atoms with Crippen molar-refractivity contribution in [2.24, 2.45) is 11.1 Å². The minimum absolute atomic E-state index is 0.265. The second kappa shape index (κ2) is 6.26. The molecular formula is C11H21NO4S. The highest BCUT2D eigenvalue weighted by molar-refractivity contribution is 7.98. The van der Waals surface area contributed by atoms with E-state index in [1.54, 1.807) is 20.8 Å². The number of ether oxygens (including phenoxy) is 1. The lowest BCUT2D eigenvalue weighted by Crippen LogP contribution is -2.53. The van der Waals surface area contributed by atoms with Crippen LogP contribution in [0.5, 0.6) is 0 Å². The Kier molecular flexibility index (Phi) is 5.98. The molecule has 1 unspecified atom stereocenters. The number of rotatable bonds is 6. The van der Waals surface area contributed by atoms with Crippen LogP contribution in [0.2, 0.25) is 0 Å². The summed E-state index contributed by atoms with van der Waals surface area (Å²) in [6.07, 6.45) is 2.13. The molecule has 0 aromatic carbocycles. The highest BCUT2D eigenvalue weighted by atomic mass is 32.2. The van der Waals surface area contributed by atoms with Gasteiger partial charge in [0.1, 0.15) is 12.1 Å². The lowest BCUT2D eigenvalue weighted by atomic mass is 9.96. The van der Waals surface area contributed by atoms with Gasteiger partial charge in [-0.2, -0.15) is 11.8 Å². The van der Waals surface area contributed by atoms with Gasteiger partial charge in [-0.15, -0.1) is 0 Å². The number of carboxylic acids is 1. The molecule has 0 bridgehead atoms. The summed E-state index contributed by atoms with van der Waals surface area (Å²) < 4.78 is 4.98. The predicted molar refractivity (Wildman–Crippen MR) is 68.0 cm³/mol. The second-order valence-corrected chi connectivity index (χ2v) is 6.02. The zero-order chi connectivity index (χ0) is 13.7. The highest BCUT2D eigenvalue weighted by Gasteiger charge is 2.36.